The van der Waals surface area contributed by atoms with E-state index in [1.54, 1.807) is 11.0 Å². The second-order valence-electron chi connectivity index (χ2n) is 5.35. The average molecular weight is 249 g/mol. The molecule has 1 unspecified atom stereocenters. The molecule has 2 fully saturated rings. The van der Waals surface area contributed by atoms with E-state index in [1.165, 1.54) is 12.7 Å². The number of hydrogen-bond acceptors (Lipinski definition) is 4. The van der Waals surface area contributed by atoms with Crippen molar-refractivity contribution < 1.29 is 4.79 Å². The minimum Gasteiger partial charge on any atom is -0.352 e. The molecular formula is C12H19N5O. The highest BCUT2D eigenvalue weighted by Crippen LogP contribution is 2.32. The second kappa shape index (κ2) is 5.06. The molecule has 1 aromatic heterocycles. The van der Waals surface area contributed by atoms with E-state index in [9.17, 15) is 4.79 Å². The summed E-state index contributed by atoms with van der Waals surface area (Å²) in [7, 11) is 0. The van der Waals surface area contributed by atoms with Crippen LogP contribution >= 0.6 is 0 Å². The van der Waals surface area contributed by atoms with Gasteiger partial charge in [0, 0.05) is 6.04 Å². The van der Waals surface area contributed by atoms with Crippen molar-refractivity contribution in [1.82, 2.24) is 25.4 Å². The van der Waals surface area contributed by atoms with Gasteiger partial charge in [0.15, 0.2) is 0 Å². The summed E-state index contributed by atoms with van der Waals surface area (Å²) >= 11 is 0. The van der Waals surface area contributed by atoms with Crippen LogP contribution in [0.25, 0.3) is 0 Å². The third-order valence-corrected chi connectivity index (χ3v) is 4.09. The molecule has 3 rings (SSSR count). The predicted molar refractivity (Wildman–Crippen MR) is 65.7 cm³/mol. The van der Waals surface area contributed by atoms with Gasteiger partial charge in [0.1, 0.15) is 19.2 Å². The molecule has 6 nitrogen and oxygen atoms in total. The fraction of sp³-hybridized carbons (Fsp3) is 0.750. The van der Waals surface area contributed by atoms with Crippen LogP contribution in [0.2, 0.25) is 0 Å². The van der Waals surface area contributed by atoms with Crippen LogP contribution in [0.5, 0.6) is 0 Å². The van der Waals surface area contributed by atoms with Gasteiger partial charge >= 0.3 is 0 Å². The lowest BCUT2D eigenvalue weighted by Crippen LogP contribution is -2.42. The molecule has 0 aromatic carbocycles. The van der Waals surface area contributed by atoms with Gasteiger partial charge in [-0.1, -0.05) is 0 Å². The summed E-state index contributed by atoms with van der Waals surface area (Å²) in [6.07, 6.45) is 6.46. The quantitative estimate of drug-likeness (QED) is 0.777. The Morgan fingerprint density at radius 2 is 2.28 bits per heavy atom. The summed E-state index contributed by atoms with van der Waals surface area (Å²) < 4.78 is 1.55. The fourth-order valence-corrected chi connectivity index (χ4v) is 3.17. The number of carbonyl (C=O) groups excluding carboxylic acids is 1. The van der Waals surface area contributed by atoms with Gasteiger partial charge in [-0.25, -0.2) is 9.67 Å². The normalized spacial score (nSPS) is 31.0. The number of nitrogens with zero attached hydrogens (tertiary/aromatic N) is 3. The highest BCUT2D eigenvalue weighted by molar-refractivity contribution is 5.75. The van der Waals surface area contributed by atoms with Gasteiger partial charge in [0.2, 0.25) is 5.91 Å². The Bertz CT molecular complexity index is 405. The summed E-state index contributed by atoms with van der Waals surface area (Å²) in [5.41, 5.74) is 0. The summed E-state index contributed by atoms with van der Waals surface area (Å²) in [6.45, 7) is 2.53. The van der Waals surface area contributed by atoms with Crippen molar-refractivity contribution in [2.75, 3.05) is 13.1 Å². The highest BCUT2D eigenvalue weighted by atomic mass is 16.2. The lowest BCUT2D eigenvalue weighted by atomic mass is 9.79. The van der Waals surface area contributed by atoms with Crippen LogP contribution in [0.4, 0.5) is 0 Å². The van der Waals surface area contributed by atoms with Crippen molar-refractivity contribution in [3.8, 4) is 0 Å². The molecule has 1 amide bonds. The highest BCUT2D eigenvalue weighted by Gasteiger charge is 2.34. The van der Waals surface area contributed by atoms with E-state index in [4.69, 9.17) is 0 Å². The maximum atomic E-state index is 11.9. The van der Waals surface area contributed by atoms with Crippen LogP contribution in [-0.2, 0) is 11.3 Å². The Morgan fingerprint density at radius 1 is 1.39 bits per heavy atom. The van der Waals surface area contributed by atoms with Gasteiger partial charge in [0.25, 0.3) is 0 Å². The average Bonchev–Trinajstić information content (AvgIpc) is 2.98. The van der Waals surface area contributed by atoms with Gasteiger partial charge in [-0.15, -0.1) is 0 Å². The zero-order chi connectivity index (χ0) is 12.4. The van der Waals surface area contributed by atoms with Crippen LogP contribution in [0.3, 0.4) is 0 Å². The number of fused-ring (bicyclic) bond motifs is 1. The largest absolute Gasteiger partial charge is 0.352 e. The number of rotatable bonds is 3. The topological polar surface area (TPSA) is 71.8 Å². The molecule has 1 aliphatic heterocycles. The van der Waals surface area contributed by atoms with Crippen LogP contribution in [0, 0.1) is 11.8 Å². The van der Waals surface area contributed by atoms with E-state index in [-0.39, 0.29) is 12.5 Å². The summed E-state index contributed by atoms with van der Waals surface area (Å²) in [5, 5.41) is 10.5. The molecule has 1 saturated heterocycles. The molecule has 3 atom stereocenters. The molecule has 2 heterocycles. The van der Waals surface area contributed by atoms with E-state index in [1.807, 2.05) is 0 Å². The maximum Gasteiger partial charge on any atom is 0.242 e. The number of nitrogens with one attached hydrogen (secondary N) is 2. The zero-order valence-corrected chi connectivity index (χ0v) is 10.4. The zero-order valence-electron chi connectivity index (χ0n) is 10.4. The molecule has 1 aliphatic carbocycles. The van der Waals surface area contributed by atoms with E-state index in [2.05, 4.69) is 20.7 Å². The first-order valence-corrected chi connectivity index (χ1v) is 6.64. The first kappa shape index (κ1) is 11.6. The number of amides is 1. The molecule has 0 spiro atoms. The number of hydrogen-bond donors (Lipinski definition) is 2. The van der Waals surface area contributed by atoms with Crippen molar-refractivity contribution in [2.45, 2.75) is 31.8 Å². The van der Waals surface area contributed by atoms with E-state index in [0.717, 1.165) is 37.8 Å². The first-order valence-electron chi connectivity index (χ1n) is 6.64. The lowest BCUT2D eigenvalue weighted by molar-refractivity contribution is -0.122. The van der Waals surface area contributed by atoms with Crippen molar-refractivity contribution >= 4 is 5.91 Å². The Balaban J connectivity index is 1.49. The first-order chi connectivity index (χ1) is 8.81. The molecule has 1 aromatic rings. The minimum absolute atomic E-state index is 0.0370. The Kier molecular flexibility index (Phi) is 3.27. The Morgan fingerprint density at radius 3 is 3.11 bits per heavy atom. The van der Waals surface area contributed by atoms with Crippen molar-refractivity contribution in [3.63, 3.8) is 0 Å². The van der Waals surface area contributed by atoms with Crippen LogP contribution in [-0.4, -0.2) is 39.8 Å². The minimum atomic E-state index is 0.0370. The van der Waals surface area contributed by atoms with Gasteiger partial charge < -0.3 is 10.6 Å². The van der Waals surface area contributed by atoms with E-state index in [0.29, 0.717) is 6.04 Å². The van der Waals surface area contributed by atoms with E-state index >= 15 is 0 Å². The van der Waals surface area contributed by atoms with Gasteiger partial charge in [-0.2, -0.15) is 5.10 Å². The Labute approximate surface area is 106 Å². The van der Waals surface area contributed by atoms with E-state index < -0.39 is 0 Å². The molecule has 0 bridgehead atoms. The molecule has 18 heavy (non-hydrogen) atoms. The summed E-state index contributed by atoms with van der Waals surface area (Å²) in [4.78, 5) is 15.7. The van der Waals surface area contributed by atoms with Crippen molar-refractivity contribution in [1.29, 1.82) is 0 Å². The smallest absolute Gasteiger partial charge is 0.242 e. The molecule has 0 radical (unpaired) electrons. The number of aromatic nitrogens is 3. The van der Waals surface area contributed by atoms with Gasteiger partial charge in [-0.05, 0) is 44.2 Å². The summed E-state index contributed by atoms with van der Waals surface area (Å²) in [6, 6.07) is 0.335. The van der Waals surface area contributed by atoms with Crippen molar-refractivity contribution in [2.24, 2.45) is 11.8 Å². The molecular weight excluding hydrogens is 230 g/mol. The van der Waals surface area contributed by atoms with Gasteiger partial charge in [-0.3, -0.25) is 4.79 Å². The third-order valence-electron chi connectivity index (χ3n) is 4.09. The molecule has 1 saturated carbocycles. The maximum absolute atomic E-state index is 11.9. The molecule has 2 aliphatic rings. The van der Waals surface area contributed by atoms with Crippen molar-refractivity contribution in [3.05, 3.63) is 12.7 Å². The molecule has 2 N–H and O–H groups in total. The van der Waals surface area contributed by atoms with Crippen LogP contribution in [0.1, 0.15) is 19.3 Å². The standard InChI is InChI=1S/C12H19N5O/c18-12(6-17-8-14-7-15-17)16-11-2-1-9-4-13-5-10(9)3-11/h7-11,13H,1-6H2,(H,16,18)/t9-,10+,11?/m0/s1. The monoisotopic (exact) mass is 249 g/mol. The molecule has 98 valence electrons. The second-order valence-corrected chi connectivity index (χ2v) is 5.35. The predicted octanol–water partition coefficient (Wildman–Crippen LogP) is -0.218. The third kappa shape index (κ3) is 2.53. The lowest BCUT2D eigenvalue weighted by Gasteiger charge is -2.31. The Hall–Kier alpha value is -1.43. The van der Waals surface area contributed by atoms with Crippen LogP contribution < -0.4 is 10.6 Å². The molecule has 6 heteroatoms. The summed E-state index contributed by atoms with van der Waals surface area (Å²) in [5.74, 6) is 1.61. The van der Waals surface area contributed by atoms with Gasteiger partial charge in [0.05, 0.1) is 0 Å². The number of carbonyl (C=O) groups is 1. The van der Waals surface area contributed by atoms with Crippen LogP contribution in [0.15, 0.2) is 12.7 Å². The SMILES string of the molecule is O=C(Cn1cncn1)NC1CC[C@H]2CNC[C@H]2C1. The fourth-order valence-electron chi connectivity index (χ4n) is 3.17.